The number of thioether (sulfide) groups is 1. The van der Waals surface area contributed by atoms with Crippen molar-refractivity contribution in [1.29, 1.82) is 0 Å². The number of aliphatic carboxylic acids is 1. The maximum absolute atomic E-state index is 11.1. The molecule has 1 unspecified atom stereocenters. The normalized spacial score (nSPS) is 12.5. The number of hydrogen-bond donors (Lipinski definition) is 1. The fourth-order valence-electron chi connectivity index (χ4n) is 1.76. The Labute approximate surface area is 123 Å². The summed E-state index contributed by atoms with van der Waals surface area (Å²) in [6, 6.07) is 3.07. The summed E-state index contributed by atoms with van der Waals surface area (Å²) in [4.78, 5) is 26.4. The number of carbonyl (C=O) groups is 1. The smallest absolute Gasteiger partial charge is 0.316 e. The van der Waals surface area contributed by atoms with E-state index in [-0.39, 0.29) is 5.69 Å². The van der Waals surface area contributed by atoms with E-state index in [0.29, 0.717) is 16.8 Å². The summed E-state index contributed by atoms with van der Waals surface area (Å²) in [6.07, 6.45) is 0.394. The molecule has 0 bridgehead atoms. The maximum atomic E-state index is 11.1. The maximum Gasteiger partial charge on any atom is 0.316 e. The molecule has 1 atom stereocenters. The Morgan fingerprint density at radius 1 is 1.60 bits per heavy atom. The minimum absolute atomic E-state index is 0.0640. The van der Waals surface area contributed by atoms with Crippen molar-refractivity contribution >= 4 is 45.0 Å². The molecule has 6 nitrogen and oxygen atoms in total. The Kier molecular flexibility index (Phi) is 4.24. The number of nitro groups is 1. The van der Waals surface area contributed by atoms with E-state index in [2.05, 4.69) is 4.98 Å². The predicted molar refractivity (Wildman–Crippen MR) is 78.6 cm³/mol. The first-order valence-corrected chi connectivity index (χ1v) is 7.57. The Morgan fingerprint density at radius 2 is 2.30 bits per heavy atom. The highest BCUT2D eigenvalue weighted by Crippen LogP contribution is 2.37. The summed E-state index contributed by atoms with van der Waals surface area (Å²) in [5.74, 6) is -0.971. The van der Waals surface area contributed by atoms with Crippen LogP contribution in [-0.4, -0.2) is 26.2 Å². The van der Waals surface area contributed by atoms with Crippen LogP contribution in [0.3, 0.4) is 0 Å². The molecule has 2 aromatic rings. The van der Waals surface area contributed by atoms with Gasteiger partial charge in [-0.2, -0.15) is 0 Å². The van der Waals surface area contributed by atoms with Crippen molar-refractivity contribution in [2.24, 2.45) is 0 Å². The van der Waals surface area contributed by atoms with Crippen LogP contribution < -0.4 is 0 Å². The molecule has 0 aliphatic rings. The first-order chi connectivity index (χ1) is 9.42. The fraction of sp³-hybridized carbons (Fsp3) is 0.333. The van der Waals surface area contributed by atoms with Crippen molar-refractivity contribution in [3.05, 3.63) is 27.3 Å². The largest absolute Gasteiger partial charge is 0.480 e. The standard InChI is InChI=1S/C12H12N2O4S2/c1-3-9(12(15)16)20-11-4-7-10(19-6(2)13-7)5-8(11)14(17)18/h4-5,9H,3H2,1-2H3,(H,15,16). The highest BCUT2D eigenvalue weighted by atomic mass is 32.2. The Hall–Kier alpha value is -1.67. The second-order valence-corrected chi connectivity index (χ2v) is 6.61. The average molecular weight is 312 g/mol. The summed E-state index contributed by atoms with van der Waals surface area (Å²) in [5, 5.41) is 20.3. The number of aromatic nitrogens is 1. The summed E-state index contributed by atoms with van der Waals surface area (Å²) in [5.41, 5.74) is 0.603. The monoisotopic (exact) mass is 312 g/mol. The number of carboxylic acid groups (broad SMARTS) is 1. The Morgan fingerprint density at radius 3 is 2.85 bits per heavy atom. The van der Waals surface area contributed by atoms with E-state index >= 15 is 0 Å². The zero-order chi connectivity index (χ0) is 14.9. The van der Waals surface area contributed by atoms with Gasteiger partial charge in [-0.05, 0) is 19.4 Å². The van der Waals surface area contributed by atoms with Crippen molar-refractivity contribution in [3.63, 3.8) is 0 Å². The number of aryl methyl sites for hydroxylation is 1. The van der Waals surface area contributed by atoms with Gasteiger partial charge in [0.05, 0.1) is 25.0 Å². The highest BCUT2D eigenvalue weighted by Gasteiger charge is 2.24. The third kappa shape index (κ3) is 2.91. The molecular formula is C12H12N2O4S2. The van der Waals surface area contributed by atoms with Gasteiger partial charge in [-0.3, -0.25) is 14.9 Å². The SMILES string of the molecule is CCC(Sc1cc2nc(C)sc2cc1[N+](=O)[O-])C(=O)O. The molecule has 1 heterocycles. The Bertz CT molecular complexity index is 683. The zero-order valence-corrected chi connectivity index (χ0v) is 12.5. The van der Waals surface area contributed by atoms with Crippen molar-refractivity contribution < 1.29 is 14.8 Å². The molecule has 1 aromatic heterocycles. The molecule has 0 aliphatic carbocycles. The number of nitro benzene ring substituents is 1. The average Bonchev–Trinajstić information content (AvgIpc) is 2.73. The lowest BCUT2D eigenvalue weighted by Crippen LogP contribution is -2.14. The summed E-state index contributed by atoms with van der Waals surface area (Å²) in [6.45, 7) is 3.57. The minimum atomic E-state index is -0.971. The number of fused-ring (bicyclic) bond motifs is 1. The van der Waals surface area contributed by atoms with Gasteiger partial charge in [0.25, 0.3) is 5.69 Å². The molecule has 0 amide bonds. The minimum Gasteiger partial charge on any atom is -0.480 e. The first kappa shape index (κ1) is 14.7. The van der Waals surface area contributed by atoms with Crippen LogP contribution in [0.4, 0.5) is 5.69 Å². The van der Waals surface area contributed by atoms with Crippen LogP contribution in [0.5, 0.6) is 0 Å². The molecule has 0 spiro atoms. The second kappa shape index (κ2) is 5.76. The summed E-state index contributed by atoms with van der Waals surface area (Å²) < 4.78 is 0.738. The first-order valence-electron chi connectivity index (χ1n) is 5.87. The molecule has 0 radical (unpaired) electrons. The molecule has 1 N–H and O–H groups in total. The van der Waals surface area contributed by atoms with Gasteiger partial charge in [0, 0.05) is 6.07 Å². The summed E-state index contributed by atoms with van der Waals surface area (Å²) >= 11 is 2.38. The van der Waals surface area contributed by atoms with Crippen LogP contribution in [-0.2, 0) is 4.79 Å². The third-order valence-corrected chi connectivity index (χ3v) is 5.02. The van der Waals surface area contributed by atoms with Gasteiger partial charge in [-0.15, -0.1) is 23.1 Å². The van der Waals surface area contributed by atoms with Gasteiger partial charge < -0.3 is 5.11 Å². The van der Waals surface area contributed by atoms with E-state index in [0.717, 1.165) is 21.5 Å². The molecule has 0 aliphatic heterocycles. The number of rotatable bonds is 5. The van der Waals surface area contributed by atoms with Crippen LogP contribution in [0.2, 0.25) is 0 Å². The quantitative estimate of drug-likeness (QED) is 0.516. The summed E-state index contributed by atoms with van der Waals surface area (Å²) in [7, 11) is 0. The zero-order valence-electron chi connectivity index (χ0n) is 10.8. The van der Waals surface area contributed by atoms with E-state index in [9.17, 15) is 14.9 Å². The molecule has 0 saturated heterocycles. The van der Waals surface area contributed by atoms with Gasteiger partial charge >= 0.3 is 5.97 Å². The fourth-order valence-corrected chi connectivity index (χ4v) is 3.61. The topological polar surface area (TPSA) is 93.3 Å². The van der Waals surface area contributed by atoms with Crippen LogP contribution in [0.25, 0.3) is 10.2 Å². The van der Waals surface area contributed by atoms with Crippen molar-refractivity contribution in [1.82, 2.24) is 4.98 Å². The van der Waals surface area contributed by atoms with Gasteiger partial charge in [0.1, 0.15) is 5.25 Å². The van der Waals surface area contributed by atoms with E-state index in [1.807, 2.05) is 6.92 Å². The van der Waals surface area contributed by atoms with Gasteiger partial charge in [-0.1, -0.05) is 6.92 Å². The van der Waals surface area contributed by atoms with Crippen LogP contribution in [0.1, 0.15) is 18.4 Å². The van der Waals surface area contributed by atoms with Gasteiger partial charge in [-0.25, -0.2) is 4.98 Å². The molecular weight excluding hydrogens is 300 g/mol. The third-order valence-electron chi connectivity index (χ3n) is 2.69. The number of hydrogen-bond acceptors (Lipinski definition) is 6. The second-order valence-electron chi connectivity index (χ2n) is 4.13. The lowest BCUT2D eigenvalue weighted by Gasteiger charge is -2.09. The molecule has 2 rings (SSSR count). The van der Waals surface area contributed by atoms with Crippen LogP contribution in [0, 0.1) is 17.0 Å². The molecule has 20 heavy (non-hydrogen) atoms. The Balaban J connectivity index is 2.51. The van der Waals surface area contributed by atoms with E-state index in [4.69, 9.17) is 5.11 Å². The van der Waals surface area contributed by atoms with Crippen molar-refractivity contribution in [2.75, 3.05) is 0 Å². The highest BCUT2D eigenvalue weighted by molar-refractivity contribution is 8.00. The van der Waals surface area contributed by atoms with Crippen LogP contribution >= 0.6 is 23.1 Å². The van der Waals surface area contributed by atoms with E-state index in [1.165, 1.54) is 17.4 Å². The molecule has 106 valence electrons. The lowest BCUT2D eigenvalue weighted by atomic mass is 10.3. The number of thiazole rings is 1. The molecule has 0 fully saturated rings. The number of carboxylic acids is 1. The number of nitrogens with zero attached hydrogens (tertiary/aromatic N) is 2. The van der Waals surface area contributed by atoms with Gasteiger partial charge in [0.15, 0.2) is 0 Å². The molecule has 8 heteroatoms. The van der Waals surface area contributed by atoms with Crippen molar-refractivity contribution in [3.8, 4) is 0 Å². The lowest BCUT2D eigenvalue weighted by molar-refractivity contribution is -0.387. The number of benzene rings is 1. The molecule has 0 saturated carbocycles. The van der Waals surface area contributed by atoms with Crippen LogP contribution in [0.15, 0.2) is 17.0 Å². The molecule has 1 aromatic carbocycles. The van der Waals surface area contributed by atoms with E-state index in [1.54, 1.807) is 13.0 Å². The van der Waals surface area contributed by atoms with Gasteiger partial charge in [0.2, 0.25) is 0 Å². The van der Waals surface area contributed by atoms with E-state index < -0.39 is 16.1 Å². The van der Waals surface area contributed by atoms with Crippen molar-refractivity contribution in [2.45, 2.75) is 30.4 Å². The predicted octanol–water partition coefficient (Wildman–Crippen LogP) is 3.47.